The van der Waals surface area contributed by atoms with Gasteiger partial charge in [0.1, 0.15) is 24.2 Å². The van der Waals surface area contributed by atoms with E-state index in [-0.39, 0.29) is 5.92 Å². The van der Waals surface area contributed by atoms with Crippen LogP contribution in [0.1, 0.15) is 33.6 Å². The van der Waals surface area contributed by atoms with E-state index >= 15 is 0 Å². The maximum Gasteiger partial charge on any atom is 0.326 e. The van der Waals surface area contributed by atoms with Crippen molar-refractivity contribution in [1.29, 1.82) is 0 Å². The molecule has 0 bridgehead atoms. The number of thioether (sulfide) groups is 2. The van der Waals surface area contributed by atoms with Gasteiger partial charge >= 0.3 is 5.97 Å². The molecule has 10 nitrogen and oxygen atoms in total. The minimum Gasteiger partial charge on any atom is -0.480 e. The molecule has 0 heterocycles. The Bertz CT molecular complexity index is 606. The van der Waals surface area contributed by atoms with E-state index in [0.717, 1.165) is 0 Å². The predicted octanol–water partition coefficient (Wildman–Crippen LogP) is -0.604. The van der Waals surface area contributed by atoms with Gasteiger partial charge in [0, 0.05) is 0 Å². The van der Waals surface area contributed by atoms with Crippen LogP contribution in [-0.4, -0.2) is 88.2 Å². The molecule has 0 aromatic rings. The number of nitrogens with one attached hydrogen (secondary N) is 3. The van der Waals surface area contributed by atoms with E-state index in [9.17, 15) is 29.4 Å². The summed E-state index contributed by atoms with van der Waals surface area (Å²) in [5, 5.41) is 26.5. The van der Waals surface area contributed by atoms with Gasteiger partial charge < -0.3 is 31.9 Å². The fourth-order valence-electron chi connectivity index (χ4n) is 2.54. The fourth-order valence-corrected chi connectivity index (χ4v) is 3.48. The van der Waals surface area contributed by atoms with Crippen molar-refractivity contribution in [1.82, 2.24) is 16.0 Å². The van der Waals surface area contributed by atoms with Gasteiger partial charge in [-0.05, 0) is 49.7 Å². The van der Waals surface area contributed by atoms with E-state index in [0.29, 0.717) is 24.3 Å². The number of carbonyl (C=O) groups is 4. The molecule has 0 spiro atoms. The summed E-state index contributed by atoms with van der Waals surface area (Å²) in [7, 11) is 0. The highest BCUT2D eigenvalue weighted by atomic mass is 32.2. The molecular weight excluding hydrogens is 444 g/mol. The Morgan fingerprint density at radius 1 is 0.839 bits per heavy atom. The molecule has 7 N–H and O–H groups in total. The zero-order valence-electron chi connectivity index (χ0n) is 18.7. The Hall–Kier alpha value is -1.50. The van der Waals surface area contributed by atoms with Crippen molar-refractivity contribution in [3.63, 3.8) is 0 Å². The van der Waals surface area contributed by atoms with Crippen LogP contribution in [0.2, 0.25) is 0 Å². The summed E-state index contributed by atoms with van der Waals surface area (Å²) >= 11 is 2.96. The van der Waals surface area contributed by atoms with Crippen LogP contribution in [0.15, 0.2) is 0 Å². The first kappa shape index (κ1) is 29.5. The lowest BCUT2D eigenvalue weighted by Crippen LogP contribution is -2.58. The molecule has 0 rings (SSSR count). The molecule has 0 aliphatic rings. The molecule has 180 valence electrons. The molecule has 5 unspecified atom stereocenters. The van der Waals surface area contributed by atoms with Crippen LogP contribution in [0.3, 0.4) is 0 Å². The average Bonchev–Trinajstić information content (AvgIpc) is 2.70. The average molecular weight is 481 g/mol. The van der Waals surface area contributed by atoms with E-state index in [1.807, 2.05) is 12.5 Å². The lowest BCUT2D eigenvalue weighted by molar-refractivity contribution is -0.143. The van der Waals surface area contributed by atoms with Crippen molar-refractivity contribution >= 4 is 47.2 Å². The third-order valence-corrected chi connectivity index (χ3v) is 5.83. The van der Waals surface area contributed by atoms with Crippen LogP contribution in [0, 0.1) is 5.92 Å². The van der Waals surface area contributed by atoms with Crippen LogP contribution in [0.25, 0.3) is 0 Å². The molecular formula is C19H36N4O6S2. The highest BCUT2D eigenvalue weighted by Crippen LogP contribution is 2.08. The van der Waals surface area contributed by atoms with Gasteiger partial charge in [0.25, 0.3) is 0 Å². The number of rotatable bonds is 15. The monoisotopic (exact) mass is 480 g/mol. The number of carboxylic acids is 1. The maximum atomic E-state index is 12.9. The number of carbonyl (C=O) groups excluding carboxylic acids is 3. The van der Waals surface area contributed by atoms with Gasteiger partial charge in [0.05, 0.1) is 6.10 Å². The number of hydrogen-bond acceptors (Lipinski definition) is 8. The molecule has 0 aromatic heterocycles. The smallest absolute Gasteiger partial charge is 0.326 e. The van der Waals surface area contributed by atoms with Crippen molar-refractivity contribution < 1.29 is 29.4 Å². The first-order valence-corrected chi connectivity index (χ1v) is 12.8. The molecule has 0 aliphatic heterocycles. The van der Waals surface area contributed by atoms with Crippen molar-refractivity contribution in [3.05, 3.63) is 0 Å². The molecule has 0 aliphatic carbocycles. The minimum absolute atomic E-state index is 0.291. The van der Waals surface area contributed by atoms with Gasteiger partial charge in [-0.2, -0.15) is 23.5 Å². The third kappa shape index (κ3) is 11.1. The molecule has 3 amide bonds. The van der Waals surface area contributed by atoms with E-state index < -0.39 is 54.0 Å². The zero-order chi connectivity index (χ0) is 24.1. The summed E-state index contributed by atoms with van der Waals surface area (Å²) in [6.07, 6.45) is 3.20. The first-order chi connectivity index (χ1) is 14.5. The first-order valence-electron chi connectivity index (χ1n) is 10.0. The SMILES string of the molecule is CSCCC(NC(=O)C(CCSC)NC(=O)C(N)C(C)O)C(=O)NC(C(=O)O)C(C)C. The molecule has 0 radical (unpaired) electrons. The van der Waals surface area contributed by atoms with E-state index in [2.05, 4.69) is 16.0 Å². The summed E-state index contributed by atoms with van der Waals surface area (Å²) < 4.78 is 0. The Balaban J connectivity index is 5.41. The number of aliphatic carboxylic acids is 1. The molecule has 0 saturated carbocycles. The number of amides is 3. The van der Waals surface area contributed by atoms with Gasteiger partial charge in [-0.15, -0.1) is 0 Å². The number of carboxylic acid groups (broad SMARTS) is 1. The standard InChI is InChI=1S/C19H36N4O6S2/c1-10(2)15(19(28)29)23-17(26)13(7-9-31-5)21-16(25)12(6-8-30-4)22-18(27)14(20)11(3)24/h10-15,24H,6-9,20H2,1-5H3,(H,21,25)(H,22,27)(H,23,26)(H,28,29). The number of hydrogen-bond donors (Lipinski definition) is 6. The molecule has 0 saturated heterocycles. The normalized spacial score (nSPS) is 16.0. The van der Waals surface area contributed by atoms with Gasteiger partial charge in [-0.1, -0.05) is 13.8 Å². The second kappa shape index (κ2) is 15.3. The van der Waals surface area contributed by atoms with E-state index in [1.165, 1.54) is 30.4 Å². The summed E-state index contributed by atoms with van der Waals surface area (Å²) in [4.78, 5) is 49.2. The Morgan fingerprint density at radius 2 is 1.26 bits per heavy atom. The molecule has 0 aromatic carbocycles. The van der Waals surface area contributed by atoms with Crippen molar-refractivity contribution in [2.45, 2.75) is 63.9 Å². The Morgan fingerprint density at radius 3 is 1.61 bits per heavy atom. The maximum absolute atomic E-state index is 12.9. The van der Waals surface area contributed by atoms with Crippen LogP contribution in [-0.2, 0) is 19.2 Å². The quantitative estimate of drug-likeness (QED) is 0.179. The lowest BCUT2D eigenvalue weighted by Gasteiger charge is -2.26. The second-order valence-corrected chi connectivity index (χ2v) is 9.49. The third-order valence-electron chi connectivity index (χ3n) is 4.54. The van der Waals surface area contributed by atoms with Gasteiger partial charge in [0.2, 0.25) is 17.7 Å². The lowest BCUT2D eigenvalue weighted by atomic mass is 10.0. The van der Waals surface area contributed by atoms with Gasteiger partial charge in [0.15, 0.2) is 0 Å². The highest BCUT2D eigenvalue weighted by molar-refractivity contribution is 7.98. The number of aliphatic hydroxyl groups excluding tert-OH is 1. The molecule has 5 atom stereocenters. The van der Waals surface area contributed by atoms with Crippen LogP contribution < -0.4 is 21.7 Å². The molecule has 12 heteroatoms. The predicted molar refractivity (Wildman–Crippen MR) is 124 cm³/mol. The topological polar surface area (TPSA) is 171 Å². The van der Waals surface area contributed by atoms with Gasteiger partial charge in [-0.25, -0.2) is 4.79 Å². The summed E-state index contributed by atoms with van der Waals surface area (Å²) in [5.74, 6) is -2.21. The van der Waals surface area contributed by atoms with Crippen molar-refractivity contribution in [3.8, 4) is 0 Å². The van der Waals surface area contributed by atoms with E-state index in [1.54, 1.807) is 13.8 Å². The fraction of sp³-hybridized carbons (Fsp3) is 0.789. The summed E-state index contributed by atoms with van der Waals surface area (Å²) in [5.41, 5.74) is 5.64. The minimum atomic E-state index is -1.19. The Labute approximate surface area is 192 Å². The summed E-state index contributed by atoms with van der Waals surface area (Å²) in [6, 6.07) is -4.19. The number of aliphatic hydroxyl groups is 1. The Kier molecular flexibility index (Phi) is 14.6. The van der Waals surface area contributed by atoms with Gasteiger partial charge in [-0.3, -0.25) is 14.4 Å². The number of nitrogens with two attached hydrogens (primary N) is 1. The summed E-state index contributed by atoms with van der Waals surface area (Å²) in [6.45, 7) is 4.72. The van der Waals surface area contributed by atoms with Crippen LogP contribution in [0.4, 0.5) is 0 Å². The molecule has 0 fully saturated rings. The van der Waals surface area contributed by atoms with Crippen molar-refractivity contribution in [2.75, 3.05) is 24.0 Å². The van der Waals surface area contributed by atoms with Crippen molar-refractivity contribution in [2.24, 2.45) is 11.7 Å². The second-order valence-electron chi connectivity index (χ2n) is 7.52. The highest BCUT2D eigenvalue weighted by Gasteiger charge is 2.31. The largest absolute Gasteiger partial charge is 0.480 e. The van der Waals surface area contributed by atoms with E-state index in [4.69, 9.17) is 5.73 Å². The van der Waals surface area contributed by atoms with Crippen LogP contribution in [0.5, 0.6) is 0 Å². The molecule has 31 heavy (non-hydrogen) atoms. The van der Waals surface area contributed by atoms with Crippen LogP contribution >= 0.6 is 23.5 Å². The zero-order valence-corrected chi connectivity index (χ0v) is 20.3.